The van der Waals surface area contributed by atoms with Crippen LogP contribution in [0.25, 0.3) is 0 Å². The molecule has 0 bridgehead atoms. The number of nitrogens with one attached hydrogen (secondary N) is 1. The predicted octanol–water partition coefficient (Wildman–Crippen LogP) is 2.68. The highest BCUT2D eigenvalue weighted by molar-refractivity contribution is 9.10. The molecule has 0 saturated carbocycles. The van der Waals surface area contributed by atoms with Gasteiger partial charge in [0.2, 0.25) is 0 Å². The fourth-order valence-corrected chi connectivity index (χ4v) is 2.77. The van der Waals surface area contributed by atoms with Crippen LogP contribution in [-0.2, 0) is 0 Å². The monoisotopic (exact) mass is 310 g/mol. The van der Waals surface area contributed by atoms with Crippen LogP contribution in [0.3, 0.4) is 0 Å². The van der Waals surface area contributed by atoms with Gasteiger partial charge in [0.15, 0.2) is 0 Å². The van der Waals surface area contributed by atoms with E-state index in [9.17, 15) is 5.11 Å². The van der Waals surface area contributed by atoms with Crippen molar-refractivity contribution in [1.29, 1.82) is 0 Å². The SMILES string of the molecule is C=CC[C@H](c1ccc(O)c(Br)c1)N1CCNCC1. The fraction of sp³-hybridized carbons (Fsp3) is 0.429. The molecule has 18 heavy (non-hydrogen) atoms. The zero-order valence-corrected chi connectivity index (χ0v) is 12.0. The summed E-state index contributed by atoms with van der Waals surface area (Å²) in [6.07, 6.45) is 2.89. The molecule has 2 N–H and O–H groups in total. The molecule has 1 saturated heterocycles. The number of piperazine rings is 1. The van der Waals surface area contributed by atoms with Gasteiger partial charge in [-0.05, 0) is 40.0 Å². The van der Waals surface area contributed by atoms with Gasteiger partial charge in [0, 0.05) is 32.2 Å². The number of halogens is 1. The van der Waals surface area contributed by atoms with E-state index in [1.54, 1.807) is 6.07 Å². The van der Waals surface area contributed by atoms with E-state index in [-0.39, 0.29) is 5.75 Å². The molecule has 1 aliphatic rings. The van der Waals surface area contributed by atoms with Crippen LogP contribution in [0.15, 0.2) is 35.3 Å². The molecule has 1 aromatic rings. The molecule has 0 aromatic heterocycles. The number of phenolic OH excluding ortho intramolecular Hbond substituents is 1. The number of benzene rings is 1. The molecule has 1 heterocycles. The molecule has 2 rings (SSSR count). The quantitative estimate of drug-likeness (QED) is 0.839. The Labute approximate surface area is 117 Å². The third kappa shape index (κ3) is 3.13. The largest absolute Gasteiger partial charge is 0.507 e. The molecular weight excluding hydrogens is 292 g/mol. The second kappa shape index (κ2) is 6.36. The third-order valence-corrected chi connectivity index (χ3v) is 3.97. The second-order valence-corrected chi connectivity index (χ2v) is 5.39. The van der Waals surface area contributed by atoms with E-state index >= 15 is 0 Å². The lowest BCUT2D eigenvalue weighted by Crippen LogP contribution is -2.45. The van der Waals surface area contributed by atoms with Gasteiger partial charge in [0.25, 0.3) is 0 Å². The van der Waals surface area contributed by atoms with Crippen LogP contribution in [0.5, 0.6) is 5.75 Å². The van der Waals surface area contributed by atoms with E-state index in [1.165, 1.54) is 5.56 Å². The number of rotatable bonds is 4. The van der Waals surface area contributed by atoms with E-state index in [2.05, 4.69) is 32.7 Å². The molecule has 0 unspecified atom stereocenters. The lowest BCUT2D eigenvalue weighted by Gasteiger charge is -2.35. The smallest absolute Gasteiger partial charge is 0.129 e. The summed E-state index contributed by atoms with van der Waals surface area (Å²) in [7, 11) is 0. The summed E-state index contributed by atoms with van der Waals surface area (Å²) in [4.78, 5) is 2.47. The molecule has 1 atom stereocenters. The first-order valence-electron chi connectivity index (χ1n) is 6.26. The van der Waals surface area contributed by atoms with Crippen LogP contribution < -0.4 is 5.32 Å². The minimum Gasteiger partial charge on any atom is -0.507 e. The van der Waals surface area contributed by atoms with Crippen molar-refractivity contribution in [3.63, 3.8) is 0 Å². The van der Waals surface area contributed by atoms with Crippen LogP contribution in [0, 0.1) is 0 Å². The maximum atomic E-state index is 9.58. The van der Waals surface area contributed by atoms with Crippen LogP contribution in [0.1, 0.15) is 18.0 Å². The van der Waals surface area contributed by atoms with Gasteiger partial charge in [-0.2, -0.15) is 0 Å². The van der Waals surface area contributed by atoms with Crippen molar-refractivity contribution in [1.82, 2.24) is 10.2 Å². The Morgan fingerprint density at radius 3 is 2.78 bits per heavy atom. The molecular formula is C14H19BrN2O. The summed E-state index contributed by atoms with van der Waals surface area (Å²) in [5.41, 5.74) is 1.22. The molecule has 0 spiro atoms. The van der Waals surface area contributed by atoms with Gasteiger partial charge in [-0.3, -0.25) is 4.90 Å². The van der Waals surface area contributed by atoms with Gasteiger partial charge < -0.3 is 10.4 Å². The van der Waals surface area contributed by atoms with Crippen LogP contribution in [0.2, 0.25) is 0 Å². The van der Waals surface area contributed by atoms with E-state index < -0.39 is 0 Å². The van der Waals surface area contributed by atoms with E-state index in [1.807, 2.05) is 18.2 Å². The van der Waals surface area contributed by atoms with E-state index in [0.29, 0.717) is 6.04 Å². The Morgan fingerprint density at radius 1 is 1.44 bits per heavy atom. The maximum absolute atomic E-state index is 9.58. The molecule has 4 heteroatoms. The number of hydrogen-bond donors (Lipinski definition) is 2. The van der Waals surface area contributed by atoms with Gasteiger partial charge in [-0.25, -0.2) is 0 Å². The van der Waals surface area contributed by atoms with E-state index in [0.717, 1.165) is 37.1 Å². The Bertz CT molecular complexity index is 416. The third-order valence-electron chi connectivity index (χ3n) is 3.34. The Balaban J connectivity index is 2.22. The molecule has 98 valence electrons. The molecule has 3 nitrogen and oxygen atoms in total. The van der Waals surface area contributed by atoms with Crippen molar-refractivity contribution in [3.05, 3.63) is 40.9 Å². The van der Waals surface area contributed by atoms with Gasteiger partial charge in [0.05, 0.1) is 4.47 Å². The summed E-state index contributed by atoms with van der Waals surface area (Å²) in [6.45, 7) is 8.03. The van der Waals surface area contributed by atoms with Gasteiger partial charge >= 0.3 is 0 Å². The molecule has 0 radical (unpaired) electrons. The number of nitrogens with zero attached hydrogens (tertiary/aromatic N) is 1. The first kappa shape index (κ1) is 13.6. The molecule has 1 aromatic carbocycles. The Hall–Kier alpha value is -0.840. The van der Waals surface area contributed by atoms with Gasteiger partial charge in [-0.1, -0.05) is 12.1 Å². The number of hydrogen-bond acceptors (Lipinski definition) is 3. The topological polar surface area (TPSA) is 35.5 Å². The van der Waals surface area contributed by atoms with Crippen LogP contribution >= 0.6 is 15.9 Å². The van der Waals surface area contributed by atoms with Crippen molar-refractivity contribution in [2.75, 3.05) is 26.2 Å². The van der Waals surface area contributed by atoms with Gasteiger partial charge in [0.1, 0.15) is 5.75 Å². The first-order valence-corrected chi connectivity index (χ1v) is 7.05. The number of aromatic hydroxyl groups is 1. The Kier molecular flexibility index (Phi) is 4.80. The molecule has 1 fully saturated rings. The highest BCUT2D eigenvalue weighted by Gasteiger charge is 2.21. The van der Waals surface area contributed by atoms with Crippen molar-refractivity contribution < 1.29 is 5.11 Å². The van der Waals surface area contributed by atoms with E-state index in [4.69, 9.17) is 0 Å². The zero-order valence-electron chi connectivity index (χ0n) is 10.4. The molecule has 1 aliphatic heterocycles. The normalized spacial score (nSPS) is 18.5. The van der Waals surface area contributed by atoms with Crippen molar-refractivity contribution in [2.45, 2.75) is 12.5 Å². The fourth-order valence-electron chi connectivity index (χ4n) is 2.38. The minimum atomic E-state index is 0.288. The first-order chi connectivity index (χ1) is 8.72. The number of phenols is 1. The summed E-state index contributed by atoms with van der Waals surface area (Å²) < 4.78 is 0.754. The summed E-state index contributed by atoms with van der Waals surface area (Å²) in [5.74, 6) is 0.288. The minimum absolute atomic E-state index is 0.288. The second-order valence-electron chi connectivity index (χ2n) is 4.54. The van der Waals surface area contributed by atoms with Crippen LogP contribution in [0.4, 0.5) is 0 Å². The van der Waals surface area contributed by atoms with Crippen molar-refractivity contribution >= 4 is 15.9 Å². The lowest BCUT2D eigenvalue weighted by atomic mass is 10.0. The zero-order chi connectivity index (χ0) is 13.0. The molecule has 0 aliphatic carbocycles. The average Bonchev–Trinajstić information content (AvgIpc) is 2.40. The summed E-state index contributed by atoms with van der Waals surface area (Å²) in [5, 5.41) is 12.9. The highest BCUT2D eigenvalue weighted by atomic mass is 79.9. The van der Waals surface area contributed by atoms with Crippen molar-refractivity contribution in [3.8, 4) is 5.75 Å². The molecule has 0 amide bonds. The highest BCUT2D eigenvalue weighted by Crippen LogP contribution is 2.31. The lowest BCUT2D eigenvalue weighted by molar-refractivity contribution is 0.174. The predicted molar refractivity (Wildman–Crippen MR) is 77.8 cm³/mol. The van der Waals surface area contributed by atoms with Crippen molar-refractivity contribution in [2.24, 2.45) is 0 Å². The maximum Gasteiger partial charge on any atom is 0.129 e. The van der Waals surface area contributed by atoms with Crippen LogP contribution in [-0.4, -0.2) is 36.2 Å². The summed E-state index contributed by atoms with van der Waals surface area (Å²) >= 11 is 3.38. The Morgan fingerprint density at radius 2 is 2.17 bits per heavy atom. The standard InChI is InChI=1S/C14H19BrN2O/c1-2-3-13(17-8-6-16-7-9-17)11-4-5-14(18)12(15)10-11/h2,4-5,10,13,16,18H,1,3,6-9H2/t13-/m1/s1. The average molecular weight is 311 g/mol. The van der Waals surface area contributed by atoms with Gasteiger partial charge in [-0.15, -0.1) is 6.58 Å². The summed E-state index contributed by atoms with van der Waals surface area (Å²) in [6, 6.07) is 6.10.